The van der Waals surface area contributed by atoms with Crippen molar-refractivity contribution in [1.29, 1.82) is 0 Å². The summed E-state index contributed by atoms with van der Waals surface area (Å²) in [6.45, 7) is 0. The van der Waals surface area contributed by atoms with E-state index in [9.17, 15) is 9.59 Å². The first-order valence-electron chi connectivity index (χ1n) is 5.69. The lowest BCUT2D eigenvalue weighted by Crippen LogP contribution is -2.14. The summed E-state index contributed by atoms with van der Waals surface area (Å²) in [6, 6.07) is 7.49. The quantitative estimate of drug-likeness (QED) is 0.669. The van der Waals surface area contributed by atoms with Crippen molar-refractivity contribution in [1.82, 2.24) is 10.2 Å². The molecule has 0 atom stereocenters. The molecule has 2 rings (SSSR count). The number of allylic oxidation sites excluding steroid dienone is 1. The van der Waals surface area contributed by atoms with Crippen LogP contribution in [0.4, 0.5) is 0 Å². The maximum absolute atomic E-state index is 12.1. The van der Waals surface area contributed by atoms with E-state index in [0.717, 1.165) is 10.0 Å². The summed E-state index contributed by atoms with van der Waals surface area (Å²) in [4.78, 5) is 25.4. The van der Waals surface area contributed by atoms with Crippen LogP contribution in [0.1, 0.15) is 5.56 Å². The fourth-order valence-corrected chi connectivity index (χ4v) is 1.96. The van der Waals surface area contributed by atoms with E-state index in [2.05, 4.69) is 21.2 Å². The number of halogens is 1. The number of carbonyl (C=O) groups excluding carboxylic acids is 2. The molecule has 0 saturated carbocycles. The van der Waals surface area contributed by atoms with Crippen LogP contribution in [0.5, 0.6) is 0 Å². The second-order valence-electron chi connectivity index (χ2n) is 4.40. The maximum Gasteiger partial charge on any atom is 0.261 e. The zero-order chi connectivity index (χ0) is 14.0. The van der Waals surface area contributed by atoms with Crippen LogP contribution in [0, 0.1) is 0 Å². The van der Waals surface area contributed by atoms with Crippen molar-refractivity contribution in [2.24, 2.45) is 0 Å². The van der Waals surface area contributed by atoms with Gasteiger partial charge in [0.15, 0.2) is 0 Å². The molecule has 98 valence electrons. The molecule has 1 aromatic carbocycles. The Balaban J connectivity index is 2.31. The fraction of sp³-hybridized carbons (Fsp3) is 0.143. The minimum Gasteiger partial charge on any atom is -0.383 e. The van der Waals surface area contributed by atoms with Crippen molar-refractivity contribution in [3.63, 3.8) is 0 Å². The van der Waals surface area contributed by atoms with Gasteiger partial charge in [-0.15, -0.1) is 0 Å². The normalized spacial score (nSPS) is 19.1. The van der Waals surface area contributed by atoms with Crippen LogP contribution >= 0.6 is 15.9 Å². The topological polar surface area (TPSA) is 49.4 Å². The summed E-state index contributed by atoms with van der Waals surface area (Å²) in [5, 5.41) is 2.59. The molecular weight excluding hydrogens is 308 g/mol. The van der Waals surface area contributed by atoms with Crippen molar-refractivity contribution in [3.8, 4) is 0 Å². The van der Waals surface area contributed by atoms with Gasteiger partial charge in [-0.1, -0.05) is 28.1 Å². The molecule has 1 saturated heterocycles. The third kappa shape index (κ3) is 3.12. The summed E-state index contributed by atoms with van der Waals surface area (Å²) in [7, 11) is 3.54. The van der Waals surface area contributed by atoms with Crippen LogP contribution < -0.4 is 5.32 Å². The zero-order valence-corrected chi connectivity index (χ0v) is 12.2. The summed E-state index contributed by atoms with van der Waals surface area (Å²) in [5.74, 6) is -0.635. The predicted molar refractivity (Wildman–Crippen MR) is 77.0 cm³/mol. The smallest absolute Gasteiger partial charge is 0.261 e. The Morgan fingerprint density at radius 2 is 1.79 bits per heavy atom. The van der Waals surface area contributed by atoms with E-state index < -0.39 is 0 Å². The van der Waals surface area contributed by atoms with Crippen LogP contribution in [-0.2, 0) is 9.59 Å². The third-order valence-corrected chi connectivity index (χ3v) is 3.08. The van der Waals surface area contributed by atoms with Crippen molar-refractivity contribution in [2.75, 3.05) is 14.1 Å². The second-order valence-corrected chi connectivity index (χ2v) is 5.31. The van der Waals surface area contributed by atoms with Crippen molar-refractivity contribution in [3.05, 3.63) is 51.8 Å². The number of nitrogens with one attached hydrogen (secondary N) is 1. The first-order valence-corrected chi connectivity index (χ1v) is 6.48. The Morgan fingerprint density at radius 1 is 1.16 bits per heavy atom. The molecule has 0 unspecified atom stereocenters. The van der Waals surface area contributed by atoms with Gasteiger partial charge in [0.05, 0.1) is 5.70 Å². The average molecular weight is 321 g/mol. The Morgan fingerprint density at radius 3 is 2.37 bits per heavy atom. The summed E-state index contributed by atoms with van der Waals surface area (Å²) >= 11 is 3.34. The second kappa shape index (κ2) is 5.40. The Bertz CT molecular complexity index is 586. The summed E-state index contributed by atoms with van der Waals surface area (Å²) in [6.07, 6.45) is 3.20. The van der Waals surface area contributed by atoms with E-state index in [1.807, 2.05) is 24.3 Å². The van der Waals surface area contributed by atoms with Crippen LogP contribution in [0.2, 0.25) is 0 Å². The minimum absolute atomic E-state index is 0.161. The van der Waals surface area contributed by atoms with E-state index in [-0.39, 0.29) is 17.3 Å². The van der Waals surface area contributed by atoms with Crippen molar-refractivity contribution in [2.45, 2.75) is 0 Å². The van der Waals surface area contributed by atoms with E-state index in [4.69, 9.17) is 0 Å². The number of carbonyl (C=O) groups is 2. The Hall–Kier alpha value is -1.88. The first-order chi connectivity index (χ1) is 8.97. The van der Waals surface area contributed by atoms with Gasteiger partial charge >= 0.3 is 0 Å². The SMILES string of the molecule is CN(C)/C=C1\C(=O)N/C(=C/c2ccc(Br)cc2)C1=O. The molecule has 1 aromatic rings. The van der Waals surface area contributed by atoms with E-state index >= 15 is 0 Å². The molecule has 1 N–H and O–H groups in total. The maximum atomic E-state index is 12.1. The van der Waals surface area contributed by atoms with Crippen molar-refractivity contribution >= 4 is 33.7 Å². The van der Waals surface area contributed by atoms with Crippen LogP contribution in [0.15, 0.2) is 46.2 Å². The van der Waals surface area contributed by atoms with Gasteiger partial charge in [0.25, 0.3) is 5.91 Å². The van der Waals surface area contributed by atoms with Gasteiger partial charge in [-0.25, -0.2) is 0 Å². The predicted octanol–water partition coefficient (Wildman–Crippen LogP) is 1.93. The molecule has 0 radical (unpaired) electrons. The Labute approximate surface area is 119 Å². The van der Waals surface area contributed by atoms with Gasteiger partial charge < -0.3 is 10.2 Å². The summed E-state index contributed by atoms with van der Waals surface area (Å²) in [5.41, 5.74) is 1.33. The average Bonchev–Trinajstić information content (AvgIpc) is 2.60. The first kappa shape index (κ1) is 13.5. The molecule has 0 aliphatic carbocycles. The third-order valence-electron chi connectivity index (χ3n) is 2.55. The van der Waals surface area contributed by atoms with Gasteiger partial charge in [-0.05, 0) is 23.8 Å². The molecule has 19 heavy (non-hydrogen) atoms. The number of hydrogen-bond donors (Lipinski definition) is 1. The monoisotopic (exact) mass is 320 g/mol. The number of Topliss-reactive ketones (excluding diaryl/α,β-unsaturated/α-hetero) is 1. The number of rotatable bonds is 2. The Kier molecular flexibility index (Phi) is 3.85. The van der Waals surface area contributed by atoms with Gasteiger partial charge in [-0.2, -0.15) is 0 Å². The molecule has 1 amide bonds. The molecule has 1 aliphatic heterocycles. The lowest BCUT2D eigenvalue weighted by molar-refractivity contribution is -0.117. The molecule has 1 fully saturated rings. The molecular formula is C14H13BrN2O2. The number of benzene rings is 1. The van der Waals surface area contributed by atoms with Gasteiger partial charge in [0.2, 0.25) is 5.78 Å². The standard InChI is InChI=1S/C14H13BrN2O2/c1-17(2)8-11-13(18)12(16-14(11)19)7-9-3-5-10(15)6-4-9/h3-8H,1-2H3,(H,16,19)/b11-8-,12-7+. The number of ketones is 1. The van der Waals surface area contributed by atoms with Crippen LogP contribution in [-0.4, -0.2) is 30.7 Å². The highest BCUT2D eigenvalue weighted by Gasteiger charge is 2.31. The van der Waals surface area contributed by atoms with Crippen LogP contribution in [0.25, 0.3) is 6.08 Å². The highest BCUT2D eigenvalue weighted by molar-refractivity contribution is 9.10. The van der Waals surface area contributed by atoms with E-state index in [1.165, 1.54) is 6.20 Å². The number of nitrogens with zero attached hydrogens (tertiary/aromatic N) is 1. The van der Waals surface area contributed by atoms with Crippen LogP contribution in [0.3, 0.4) is 0 Å². The molecule has 0 bridgehead atoms. The number of hydrogen-bond acceptors (Lipinski definition) is 3. The molecule has 0 aromatic heterocycles. The zero-order valence-electron chi connectivity index (χ0n) is 10.6. The molecule has 1 heterocycles. The molecule has 0 spiro atoms. The minimum atomic E-state index is -0.359. The lowest BCUT2D eigenvalue weighted by atomic mass is 10.1. The molecule has 5 heteroatoms. The number of amides is 1. The van der Waals surface area contributed by atoms with E-state index in [1.54, 1.807) is 25.1 Å². The van der Waals surface area contributed by atoms with E-state index in [0.29, 0.717) is 5.70 Å². The molecule has 1 aliphatic rings. The molecule has 4 nitrogen and oxygen atoms in total. The summed E-state index contributed by atoms with van der Waals surface area (Å²) < 4.78 is 0.963. The van der Waals surface area contributed by atoms with Crippen molar-refractivity contribution < 1.29 is 9.59 Å². The highest BCUT2D eigenvalue weighted by Crippen LogP contribution is 2.18. The van der Waals surface area contributed by atoms with Gasteiger partial charge in [0, 0.05) is 24.8 Å². The lowest BCUT2D eigenvalue weighted by Gasteiger charge is -2.03. The fourth-order valence-electron chi connectivity index (χ4n) is 1.70. The largest absolute Gasteiger partial charge is 0.383 e. The van der Waals surface area contributed by atoms with Gasteiger partial charge in [0.1, 0.15) is 5.57 Å². The highest BCUT2D eigenvalue weighted by atomic mass is 79.9. The van der Waals surface area contributed by atoms with Gasteiger partial charge in [-0.3, -0.25) is 9.59 Å².